The van der Waals surface area contributed by atoms with Crippen LogP contribution in [-0.2, 0) is 0 Å². The van der Waals surface area contributed by atoms with Gasteiger partial charge in [-0.25, -0.2) is 0 Å². The Morgan fingerprint density at radius 2 is 2.00 bits per heavy atom. The Kier molecular flexibility index (Phi) is 3.40. The van der Waals surface area contributed by atoms with Gasteiger partial charge in [0.15, 0.2) is 5.78 Å². The number of rotatable bonds is 2. The zero-order valence-corrected chi connectivity index (χ0v) is 13.0. The smallest absolute Gasteiger partial charge is 0.195 e. The summed E-state index contributed by atoms with van der Waals surface area (Å²) in [4.78, 5) is 15.7. The highest BCUT2D eigenvalue weighted by molar-refractivity contribution is 9.10. The van der Waals surface area contributed by atoms with Gasteiger partial charge in [-0.15, -0.1) is 0 Å². The second kappa shape index (κ2) is 5.08. The number of aryl methyl sites for hydroxylation is 1. The third-order valence-electron chi connectivity index (χ3n) is 3.19. The SMILES string of the molecule is Cc1cc(Cl)cc(C(=O)c2c[nH]c3cc(Br)ccc23)c1. The lowest BCUT2D eigenvalue weighted by atomic mass is 10.0. The summed E-state index contributed by atoms with van der Waals surface area (Å²) in [5, 5.41) is 1.49. The fourth-order valence-electron chi connectivity index (χ4n) is 2.31. The van der Waals surface area contributed by atoms with Crippen LogP contribution in [0.15, 0.2) is 47.1 Å². The summed E-state index contributed by atoms with van der Waals surface area (Å²) in [5.74, 6) is -0.0239. The zero-order chi connectivity index (χ0) is 14.3. The van der Waals surface area contributed by atoms with E-state index in [1.165, 1.54) is 0 Å². The van der Waals surface area contributed by atoms with Crippen molar-refractivity contribution in [2.45, 2.75) is 6.92 Å². The van der Waals surface area contributed by atoms with Crippen LogP contribution in [0, 0.1) is 6.92 Å². The van der Waals surface area contributed by atoms with Gasteiger partial charge in [-0.05, 0) is 42.8 Å². The first-order valence-electron chi connectivity index (χ1n) is 6.13. The van der Waals surface area contributed by atoms with Crippen LogP contribution in [0.3, 0.4) is 0 Å². The van der Waals surface area contributed by atoms with Crippen molar-refractivity contribution in [2.24, 2.45) is 0 Å². The Bertz CT molecular complexity index is 802. The number of benzene rings is 2. The van der Waals surface area contributed by atoms with Gasteiger partial charge in [0, 0.05) is 37.7 Å². The Morgan fingerprint density at radius 1 is 1.20 bits per heavy atom. The Hall–Kier alpha value is -1.58. The summed E-state index contributed by atoms with van der Waals surface area (Å²) in [5.41, 5.74) is 3.18. The van der Waals surface area contributed by atoms with Gasteiger partial charge in [0.1, 0.15) is 0 Å². The lowest BCUT2D eigenvalue weighted by Crippen LogP contribution is -2.00. The number of aromatic amines is 1. The van der Waals surface area contributed by atoms with Gasteiger partial charge in [0.05, 0.1) is 0 Å². The predicted octanol–water partition coefficient (Wildman–Crippen LogP) is 5.12. The number of carbonyl (C=O) groups excluding carboxylic acids is 1. The molecule has 20 heavy (non-hydrogen) atoms. The van der Waals surface area contributed by atoms with Gasteiger partial charge in [0.25, 0.3) is 0 Å². The molecule has 0 saturated carbocycles. The van der Waals surface area contributed by atoms with Crippen molar-refractivity contribution < 1.29 is 4.79 Å². The molecule has 0 aliphatic heterocycles. The molecule has 3 aromatic rings. The molecular weight excluding hydrogens is 338 g/mol. The molecule has 0 amide bonds. The molecule has 0 aliphatic rings. The van der Waals surface area contributed by atoms with Crippen LogP contribution < -0.4 is 0 Å². The van der Waals surface area contributed by atoms with E-state index in [2.05, 4.69) is 20.9 Å². The summed E-state index contributed by atoms with van der Waals surface area (Å²) in [6.07, 6.45) is 1.75. The number of carbonyl (C=O) groups is 1. The molecule has 0 radical (unpaired) electrons. The van der Waals surface area contributed by atoms with Crippen LogP contribution in [0.2, 0.25) is 5.02 Å². The number of H-pyrrole nitrogens is 1. The van der Waals surface area contributed by atoms with Gasteiger partial charge in [-0.1, -0.05) is 33.6 Å². The highest BCUT2D eigenvalue weighted by atomic mass is 79.9. The average Bonchev–Trinajstić information content (AvgIpc) is 2.79. The van der Waals surface area contributed by atoms with E-state index in [9.17, 15) is 4.79 Å². The standard InChI is InChI=1S/C16H11BrClNO/c1-9-4-10(6-12(18)5-9)16(20)14-8-19-15-7-11(17)2-3-13(14)15/h2-8,19H,1H3. The van der Waals surface area contributed by atoms with Crippen molar-refractivity contribution in [2.75, 3.05) is 0 Å². The number of hydrogen-bond donors (Lipinski definition) is 1. The second-order valence-electron chi connectivity index (χ2n) is 4.74. The highest BCUT2D eigenvalue weighted by Crippen LogP contribution is 2.25. The highest BCUT2D eigenvalue weighted by Gasteiger charge is 2.15. The zero-order valence-electron chi connectivity index (χ0n) is 10.7. The molecule has 1 aromatic heterocycles. The lowest BCUT2D eigenvalue weighted by molar-refractivity contribution is 0.104. The Balaban J connectivity index is 2.12. The van der Waals surface area contributed by atoms with Crippen LogP contribution in [0.4, 0.5) is 0 Å². The molecule has 2 nitrogen and oxygen atoms in total. The van der Waals surface area contributed by atoms with Crippen LogP contribution in [0.25, 0.3) is 10.9 Å². The van der Waals surface area contributed by atoms with E-state index in [4.69, 9.17) is 11.6 Å². The molecule has 0 unspecified atom stereocenters. The monoisotopic (exact) mass is 347 g/mol. The minimum absolute atomic E-state index is 0.0239. The number of halogens is 2. The van der Waals surface area contributed by atoms with Crippen molar-refractivity contribution in [3.8, 4) is 0 Å². The molecule has 0 spiro atoms. The van der Waals surface area contributed by atoms with E-state index in [1.807, 2.05) is 37.3 Å². The minimum atomic E-state index is -0.0239. The summed E-state index contributed by atoms with van der Waals surface area (Å²) < 4.78 is 0.976. The van der Waals surface area contributed by atoms with Gasteiger partial charge in [-0.2, -0.15) is 0 Å². The van der Waals surface area contributed by atoms with Crippen molar-refractivity contribution in [1.29, 1.82) is 0 Å². The number of hydrogen-bond acceptors (Lipinski definition) is 1. The second-order valence-corrected chi connectivity index (χ2v) is 6.09. The van der Waals surface area contributed by atoms with E-state index in [0.29, 0.717) is 16.1 Å². The third-order valence-corrected chi connectivity index (χ3v) is 3.90. The third kappa shape index (κ3) is 2.39. The van der Waals surface area contributed by atoms with Gasteiger partial charge in [-0.3, -0.25) is 4.79 Å². The topological polar surface area (TPSA) is 32.9 Å². The van der Waals surface area contributed by atoms with Crippen molar-refractivity contribution in [1.82, 2.24) is 4.98 Å². The molecule has 0 saturated heterocycles. The maximum Gasteiger partial charge on any atom is 0.195 e. The first kappa shape index (κ1) is 13.4. The summed E-state index contributed by atoms with van der Waals surface area (Å²) >= 11 is 9.45. The Morgan fingerprint density at radius 3 is 2.75 bits per heavy atom. The summed E-state index contributed by atoms with van der Waals surface area (Å²) in [7, 11) is 0. The van der Waals surface area contributed by atoms with E-state index in [0.717, 1.165) is 20.9 Å². The van der Waals surface area contributed by atoms with Crippen molar-refractivity contribution in [3.05, 3.63) is 68.8 Å². The van der Waals surface area contributed by atoms with Crippen LogP contribution in [0.5, 0.6) is 0 Å². The quantitative estimate of drug-likeness (QED) is 0.640. The predicted molar refractivity (Wildman–Crippen MR) is 85.6 cm³/mol. The number of fused-ring (bicyclic) bond motifs is 1. The molecule has 100 valence electrons. The molecule has 0 atom stereocenters. The Labute approximate surface area is 129 Å². The molecule has 0 fully saturated rings. The summed E-state index contributed by atoms with van der Waals surface area (Å²) in [6, 6.07) is 11.2. The first-order chi connectivity index (χ1) is 9.54. The molecule has 1 heterocycles. The molecule has 2 aromatic carbocycles. The number of aromatic nitrogens is 1. The largest absolute Gasteiger partial charge is 0.360 e. The van der Waals surface area contributed by atoms with Gasteiger partial charge in [0.2, 0.25) is 0 Å². The fourth-order valence-corrected chi connectivity index (χ4v) is 2.96. The van der Waals surface area contributed by atoms with Crippen LogP contribution >= 0.6 is 27.5 Å². The molecule has 3 rings (SSSR count). The minimum Gasteiger partial charge on any atom is -0.360 e. The van der Waals surface area contributed by atoms with Crippen molar-refractivity contribution >= 4 is 44.2 Å². The van der Waals surface area contributed by atoms with Gasteiger partial charge >= 0.3 is 0 Å². The van der Waals surface area contributed by atoms with Crippen LogP contribution in [-0.4, -0.2) is 10.8 Å². The molecular formula is C16H11BrClNO. The van der Waals surface area contributed by atoms with Gasteiger partial charge < -0.3 is 4.98 Å². The summed E-state index contributed by atoms with van der Waals surface area (Å²) in [6.45, 7) is 1.93. The number of ketones is 1. The maximum absolute atomic E-state index is 12.6. The lowest BCUT2D eigenvalue weighted by Gasteiger charge is -2.03. The van der Waals surface area contributed by atoms with Crippen LogP contribution in [0.1, 0.15) is 21.5 Å². The van der Waals surface area contributed by atoms with E-state index in [1.54, 1.807) is 12.3 Å². The number of nitrogens with one attached hydrogen (secondary N) is 1. The maximum atomic E-state index is 12.6. The van der Waals surface area contributed by atoms with E-state index >= 15 is 0 Å². The van der Waals surface area contributed by atoms with E-state index in [-0.39, 0.29) is 5.78 Å². The molecule has 4 heteroatoms. The normalized spacial score (nSPS) is 10.9. The molecule has 0 bridgehead atoms. The molecule has 0 aliphatic carbocycles. The first-order valence-corrected chi connectivity index (χ1v) is 7.30. The van der Waals surface area contributed by atoms with E-state index < -0.39 is 0 Å². The average molecular weight is 349 g/mol. The van der Waals surface area contributed by atoms with Crippen molar-refractivity contribution in [3.63, 3.8) is 0 Å². The fraction of sp³-hybridized carbons (Fsp3) is 0.0625. The molecule has 1 N–H and O–H groups in total.